The van der Waals surface area contributed by atoms with Crippen molar-refractivity contribution in [1.29, 1.82) is 0 Å². The zero-order chi connectivity index (χ0) is 7.03. The van der Waals surface area contributed by atoms with E-state index in [2.05, 4.69) is 12.4 Å². The molecule has 10 heavy (non-hydrogen) atoms. The second-order valence-corrected chi connectivity index (χ2v) is 4.10. The molecule has 0 aromatic rings. The highest BCUT2D eigenvalue weighted by Crippen LogP contribution is 2.52. The normalized spacial score (nSPS) is 30.9. The second-order valence-electron chi connectivity index (χ2n) is 4.10. The molecule has 0 aromatic heterocycles. The molecule has 0 radical (unpaired) electrons. The summed E-state index contributed by atoms with van der Waals surface area (Å²) in [6.45, 7) is 0. The van der Waals surface area contributed by atoms with Crippen molar-refractivity contribution in [3.63, 3.8) is 0 Å². The summed E-state index contributed by atoms with van der Waals surface area (Å²) in [6.07, 6.45) is 8.95. The van der Waals surface area contributed by atoms with E-state index in [1.165, 1.54) is 38.5 Å². The predicted molar refractivity (Wildman–Crippen MR) is 43.0 cm³/mol. The standard InChI is InChI=1S/C9H17N/c1-10-8-6-9(7-8)4-2-3-5-9/h8,10H,2-7H2,1H3. The lowest BCUT2D eigenvalue weighted by Gasteiger charge is -2.45. The summed E-state index contributed by atoms with van der Waals surface area (Å²) in [5, 5.41) is 3.35. The van der Waals surface area contributed by atoms with Crippen molar-refractivity contribution in [3.05, 3.63) is 0 Å². The SMILES string of the molecule is CNC1CC2(CCCC2)C1. The molecule has 1 spiro atoms. The molecular formula is C9H17N. The van der Waals surface area contributed by atoms with E-state index in [-0.39, 0.29) is 0 Å². The molecule has 58 valence electrons. The van der Waals surface area contributed by atoms with E-state index in [9.17, 15) is 0 Å². The van der Waals surface area contributed by atoms with E-state index in [0.717, 1.165) is 11.5 Å². The molecule has 0 heterocycles. The molecule has 2 saturated carbocycles. The molecular weight excluding hydrogens is 122 g/mol. The molecule has 2 fully saturated rings. The van der Waals surface area contributed by atoms with Crippen LogP contribution in [-0.4, -0.2) is 13.1 Å². The summed E-state index contributed by atoms with van der Waals surface area (Å²) >= 11 is 0. The van der Waals surface area contributed by atoms with Gasteiger partial charge in [-0.2, -0.15) is 0 Å². The molecule has 0 aliphatic heterocycles. The smallest absolute Gasteiger partial charge is 0.00746 e. The van der Waals surface area contributed by atoms with E-state index >= 15 is 0 Å². The van der Waals surface area contributed by atoms with Crippen molar-refractivity contribution in [2.24, 2.45) is 5.41 Å². The van der Waals surface area contributed by atoms with Gasteiger partial charge in [-0.3, -0.25) is 0 Å². The Labute approximate surface area is 63.2 Å². The van der Waals surface area contributed by atoms with E-state index in [4.69, 9.17) is 0 Å². The molecule has 2 rings (SSSR count). The van der Waals surface area contributed by atoms with Crippen LogP contribution in [0.3, 0.4) is 0 Å². The van der Waals surface area contributed by atoms with E-state index in [0.29, 0.717) is 0 Å². The summed E-state index contributed by atoms with van der Waals surface area (Å²) in [5.41, 5.74) is 0.827. The molecule has 0 atom stereocenters. The van der Waals surface area contributed by atoms with E-state index in [1.807, 2.05) is 0 Å². The largest absolute Gasteiger partial charge is 0.317 e. The average molecular weight is 139 g/mol. The number of rotatable bonds is 1. The van der Waals surface area contributed by atoms with Crippen molar-refractivity contribution in [1.82, 2.24) is 5.32 Å². The van der Waals surface area contributed by atoms with Gasteiger partial charge in [0.1, 0.15) is 0 Å². The average Bonchev–Trinajstić information content (AvgIpc) is 2.30. The molecule has 0 aromatic carbocycles. The number of hydrogen-bond acceptors (Lipinski definition) is 1. The minimum Gasteiger partial charge on any atom is -0.317 e. The fourth-order valence-electron chi connectivity index (χ4n) is 2.72. The van der Waals surface area contributed by atoms with Crippen LogP contribution in [0.4, 0.5) is 0 Å². The lowest BCUT2D eigenvalue weighted by Crippen LogP contribution is -2.46. The molecule has 1 heteroatoms. The summed E-state index contributed by atoms with van der Waals surface area (Å²) in [6, 6.07) is 0.859. The first kappa shape index (κ1) is 6.66. The highest BCUT2D eigenvalue weighted by Gasteiger charge is 2.44. The topological polar surface area (TPSA) is 12.0 Å². The zero-order valence-electron chi connectivity index (χ0n) is 6.82. The first-order chi connectivity index (χ1) is 4.85. The monoisotopic (exact) mass is 139 g/mol. The van der Waals surface area contributed by atoms with E-state index in [1.54, 1.807) is 0 Å². The van der Waals surface area contributed by atoms with Crippen LogP contribution in [0.1, 0.15) is 38.5 Å². The maximum Gasteiger partial charge on any atom is 0.00746 e. The van der Waals surface area contributed by atoms with Gasteiger partial charge in [0, 0.05) is 6.04 Å². The van der Waals surface area contributed by atoms with Crippen LogP contribution < -0.4 is 5.32 Å². The Bertz CT molecular complexity index is 117. The van der Waals surface area contributed by atoms with Crippen LogP contribution in [0.25, 0.3) is 0 Å². The van der Waals surface area contributed by atoms with Crippen LogP contribution in [-0.2, 0) is 0 Å². The minimum atomic E-state index is 0.827. The van der Waals surface area contributed by atoms with Gasteiger partial charge in [-0.1, -0.05) is 12.8 Å². The fraction of sp³-hybridized carbons (Fsp3) is 1.00. The van der Waals surface area contributed by atoms with E-state index < -0.39 is 0 Å². The third kappa shape index (κ3) is 0.878. The Morgan fingerprint density at radius 1 is 1.20 bits per heavy atom. The van der Waals surface area contributed by atoms with Crippen LogP contribution in [0.5, 0.6) is 0 Å². The van der Waals surface area contributed by atoms with Gasteiger partial charge in [0.25, 0.3) is 0 Å². The van der Waals surface area contributed by atoms with Crippen molar-refractivity contribution in [2.45, 2.75) is 44.6 Å². The quantitative estimate of drug-likeness (QED) is 0.585. The van der Waals surface area contributed by atoms with Gasteiger partial charge in [0.05, 0.1) is 0 Å². The zero-order valence-corrected chi connectivity index (χ0v) is 6.82. The Kier molecular flexibility index (Phi) is 1.48. The van der Waals surface area contributed by atoms with Crippen LogP contribution >= 0.6 is 0 Å². The Morgan fingerprint density at radius 3 is 2.30 bits per heavy atom. The maximum atomic E-state index is 3.35. The second kappa shape index (κ2) is 2.23. The minimum absolute atomic E-state index is 0.827. The van der Waals surface area contributed by atoms with Gasteiger partial charge in [-0.25, -0.2) is 0 Å². The lowest BCUT2D eigenvalue weighted by molar-refractivity contribution is 0.0950. The summed E-state index contributed by atoms with van der Waals surface area (Å²) in [7, 11) is 2.09. The molecule has 0 saturated heterocycles. The van der Waals surface area contributed by atoms with Crippen molar-refractivity contribution in [2.75, 3.05) is 7.05 Å². The first-order valence-electron chi connectivity index (χ1n) is 4.52. The summed E-state index contributed by atoms with van der Waals surface area (Å²) in [4.78, 5) is 0. The molecule has 1 nitrogen and oxygen atoms in total. The van der Waals surface area contributed by atoms with Gasteiger partial charge >= 0.3 is 0 Å². The van der Waals surface area contributed by atoms with Crippen molar-refractivity contribution >= 4 is 0 Å². The molecule has 2 aliphatic rings. The molecule has 0 unspecified atom stereocenters. The van der Waals surface area contributed by atoms with Gasteiger partial charge in [-0.05, 0) is 38.1 Å². The van der Waals surface area contributed by atoms with Gasteiger partial charge in [-0.15, -0.1) is 0 Å². The highest BCUT2D eigenvalue weighted by molar-refractivity contribution is 4.99. The first-order valence-corrected chi connectivity index (χ1v) is 4.52. The lowest BCUT2D eigenvalue weighted by atomic mass is 9.64. The van der Waals surface area contributed by atoms with Gasteiger partial charge < -0.3 is 5.32 Å². The van der Waals surface area contributed by atoms with Crippen molar-refractivity contribution < 1.29 is 0 Å². The van der Waals surface area contributed by atoms with Crippen LogP contribution in [0, 0.1) is 5.41 Å². The molecule has 0 amide bonds. The summed E-state index contributed by atoms with van der Waals surface area (Å²) < 4.78 is 0. The van der Waals surface area contributed by atoms with Crippen molar-refractivity contribution in [3.8, 4) is 0 Å². The van der Waals surface area contributed by atoms with Gasteiger partial charge in [0.15, 0.2) is 0 Å². The number of hydrogen-bond donors (Lipinski definition) is 1. The third-order valence-electron chi connectivity index (χ3n) is 3.43. The number of nitrogens with one attached hydrogen (secondary N) is 1. The summed E-state index contributed by atoms with van der Waals surface area (Å²) in [5.74, 6) is 0. The molecule has 1 N–H and O–H groups in total. The maximum absolute atomic E-state index is 3.35. The highest BCUT2D eigenvalue weighted by atomic mass is 14.9. The third-order valence-corrected chi connectivity index (χ3v) is 3.43. The van der Waals surface area contributed by atoms with Crippen LogP contribution in [0.15, 0.2) is 0 Å². The van der Waals surface area contributed by atoms with Gasteiger partial charge in [0.2, 0.25) is 0 Å². The molecule has 0 bridgehead atoms. The molecule has 2 aliphatic carbocycles. The Hall–Kier alpha value is -0.0400. The Morgan fingerprint density at radius 2 is 1.80 bits per heavy atom. The predicted octanol–water partition coefficient (Wildman–Crippen LogP) is 1.93. The fourth-order valence-corrected chi connectivity index (χ4v) is 2.72. The Balaban J connectivity index is 1.86. The van der Waals surface area contributed by atoms with Crippen LogP contribution in [0.2, 0.25) is 0 Å².